The summed E-state index contributed by atoms with van der Waals surface area (Å²) in [6.07, 6.45) is 2.00. The van der Waals surface area contributed by atoms with Gasteiger partial charge in [0.05, 0.1) is 17.7 Å². The van der Waals surface area contributed by atoms with Gasteiger partial charge >= 0.3 is 5.97 Å². The molecule has 0 N–H and O–H groups in total. The van der Waals surface area contributed by atoms with Crippen molar-refractivity contribution in [2.24, 2.45) is 4.99 Å². The van der Waals surface area contributed by atoms with E-state index in [9.17, 15) is 9.59 Å². The van der Waals surface area contributed by atoms with Gasteiger partial charge in [0.2, 0.25) is 0 Å². The minimum atomic E-state index is -0.656. The molecule has 0 unspecified atom stereocenters. The fourth-order valence-corrected chi connectivity index (χ4v) is 4.48. The van der Waals surface area contributed by atoms with Gasteiger partial charge in [0, 0.05) is 11.1 Å². The summed E-state index contributed by atoms with van der Waals surface area (Å²) in [5.74, 6) is -1.00. The number of hydrogen-bond donors (Lipinski definition) is 0. The average molecular weight is 459 g/mol. The van der Waals surface area contributed by atoms with Gasteiger partial charge in [0.1, 0.15) is 5.60 Å². The van der Waals surface area contributed by atoms with Crippen LogP contribution in [0.25, 0.3) is 10.8 Å². The normalized spacial score (nSPS) is 12.2. The van der Waals surface area contributed by atoms with Crippen molar-refractivity contribution in [3.8, 4) is 0 Å². The van der Waals surface area contributed by atoms with Gasteiger partial charge in [-0.3, -0.25) is 4.79 Å². The fourth-order valence-electron chi connectivity index (χ4n) is 3.65. The van der Waals surface area contributed by atoms with Crippen LogP contribution in [0.15, 0.2) is 77.9 Å². The van der Waals surface area contributed by atoms with Gasteiger partial charge in [0.15, 0.2) is 4.80 Å². The molecule has 0 radical (unpaired) electrons. The van der Waals surface area contributed by atoms with Crippen LogP contribution in [0.1, 0.15) is 51.9 Å². The molecular weight excluding hydrogens is 432 g/mol. The molecular formula is C27H26N2O3S. The number of fused-ring (bicyclic) bond motifs is 1. The van der Waals surface area contributed by atoms with Crippen LogP contribution in [0, 0.1) is 6.92 Å². The predicted octanol–water partition coefficient (Wildman–Crippen LogP) is 5.76. The number of thiazole rings is 1. The average Bonchev–Trinajstić information content (AvgIpc) is 3.11. The molecule has 3 aromatic carbocycles. The summed E-state index contributed by atoms with van der Waals surface area (Å²) in [5.41, 5.74) is 0.940. The number of rotatable bonds is 4. The van der Waals surface area contributed by atoms with E-state index in [-0.39, 0.29) is 11.1 Å². The lowest BCUT2D eigenvalue weighted by Gasteiger charge is -2.20. The Morgan fingerprint density at radius 3 is 2.36 bits per heavy atom. The number of ether oxygens (including phenoxy) is 1. The number of carbonyl (C=O) groups is 2. The van der Waals surface area contributed by atoms with Crippen molar-refractivity contribution in [3.63, 3.8) is 0 Å². The van der Waals surface area contributed by atoms with Crippen LogP contribution < -0.4 is 4.80 Å². The summed E-state index contributed by atoms with van der Waals surface area (Å²) < 4.78 is 7.46. The lowest BCUT2D eigenvalue weighted by Crippen LogP contribution is -2.25. The molecule has 168 valence electrons. The zero-order valence-electron chi connectivity index (χ0n) is 19.2. The van der Waals surface area contributed by atoms with E-state index in [1.54, 1.807) is 45.0 Å². The second-order valence-corrected chi connectivity index (χ2v) is 10.1. The topological polar surface area (TPSA) is 60.7 Å². The minimum absolute atomic E-state index is 0.218. The third-order valence-corrected chi connectivity index (χ3v) is 5.97. The molecule has 0 aliphatic carbocycles. The molecule has 4 aromatic rings. The summed E-state index contributed by atoms with van der Waals surface area (Å²) in [7, 11) is 0. The van der Waals surface area contributed by atoms with Gasteiger partial charge < -0.3 is 9.30 Å². The molecule has 5 nitrogen and oxygen atoms in total. The maximum Gasteiger partial charge on any atom is 0.339 e. The van der Waals surface area contributed by atoms with Crippen molar-refractivity contribution < 1.29 is 14.3 Å². The van der Waals surface area contributed by atoms with E-state index >= 15 is 0 Å². The Bertz CT molecular complexity index is 1400. The highest BCUT2D eigenvalue weighted by molar-refractivity contribution is 7.09. The van der Waals surface area contributed by atoms with Crippen LogP contribution >= 0.6 is 11.3 Å². The molecule has 0 aliphatic rings. The third-order valence-electron chi connectivity index (χ3n) is 5.03. The standard InChI is InChI=1S/C27H26N2O3S/c1-18-16-29(17-20-12-9-11-19-10-5-6-13-21(19)20)26(33-18)28-24(30)22-14-7-8-15-23(22)25(31)32-27(2,3)4/h5-16H,17H2,1-4H3/b28-26-. The lowest BCUT2D eigenvalue weighted by atomic mass is 10.0. The van der Waals surface area contributed by atoms with E-state index < -0.39 is 17.5 Å². The number of carbonyl (C=O) groups excluding carboxylic acids is 2. The van der Waals surface area contributed by atoms with Crippen molar-refractivity contribution in [1.29, 1.82) is 0 Å². The fraction of sp³-hybridized carbons (Fsp3) is 0.222. The predicted molar refractivity (Wildman–Crippen MR) is 132 cm³/mol. The van der Waals surface area contributed by atoms with Gasteiger partial charge in [-0.1, -0.05) is 54.6 Å². The third kappa shape index (κ3) is 5.29. The van der Waals surface area contributed by atoms with Crippen LogP contribution in [-0.4, -0.2) is 22.0 Å². The largest absolute Gasteiger partial charge is 0.456 e. The lowest BCUT2D eigenvalue weighted by molar-refractivity contribution is 0.00677. The van der Waals surface area contributed by atoms with Crippen LogP contribution in [-0.2, 0) is 11.3 Å². The SMILES string of the molecule is Cc1cn(Cc2cccc3ccccc23)/c(=N/C(=O)c2ccccc2C(=O)OC(C)(C)C)s1. The number of amides is 1. The first-order chi connectivity index (χ1) is 15.7. The monoisotopic (exact) mass is 458 g/mol. The van der Waals surface area contributed by atoms with Crippen LogP contribution in [0.4, 0.5) is 0 Å². The molecule has 4 rings (SSSR count). The zero-order valence-corrected chi connectivity index (χ0v) is 20.0. The Kier molecular flexibility index (Phi) is 6.29. The van der Waals surface area contributed by atoms with Crippen LogP contribution in [0.2, 0.25) is 0 Å². The molecule has 0 spiro atoms. The van der Waals surface area contributed by atoms with E-state index in [0.29, 0.717) is 11.3 Å². The van der Waals surface area contributed by atoms with Crippen molar-refractivity contribution >= 4 is 34.0 Å². The number of benzene rings is 3. The van der Waals surface area contributed by atoms with Crippen molar-refractivity contribution in [2.45, 2.75) is 39.8 Å². The zero-order chi connectivity index (χ0) is 23.6. The summed E-state index contributed by atoms with van der Waals surface area (Å²) in [6, 6.07) is 21.1. The molecule has 0 aliphatic heterocycles. The summed E-state index contributed by atoms with van der Waals surface area (Å²) in [4.78, 5) is 31.8. The summed E-state index contributed by atoms with van der Waals surface area (Å²) in [6.45, 7) is 7.97. The summed E-state index contributed by atoms with van der Waals surface area (Å²) in [5, 5.41) is 2.34. The Balaban J connectivity index is 1.71. The number of esters is 1. The van der Waals surface area contributed by atoms with E-state index in [1.165, 1.54) is 22.1 Å². The van der Waals surface area contributed by atoms with E-state index in [0.717, 1.165) is 10.4 Å². The Morgan fingerprint density at radius 1 is 0.939 bits per heavy atom. The highest BCUT2D eigenvalue weighted by Crippen LogP contribution is 2.20. The molecule has 0 bridgehead atoms. The number of hydrogen-bond acceptors (Lipinski definition) is 4. The highest BCUT2D eigenvalue weighted by atomic mass is 32.1. The highest BCUT2D eigenvalue weighted by Gasteiger charge is 2.22. The van der Waals surface area contributed by atoms with Gasteiger partial charge in [-0.05, 0) is 56.2 Å². The molecule has 33 heavy (non-hydrogen) atoms. The Morgan fingerprint density at radius 2 is 1.61 bits per heavy atom. The molecule has 0 fully saturated rings. The molecule has 1 aromatic heterocycles. The Labute approximate surface area is 197 Å². The van der Waals surface area contributed by atoms with Crippen molar-refractivity contribution in [3.05, 3.63) is 99.3 Å². The minimum Gasteiger partial charge on any atom is -0.456 e. The number of nitrogens with zero attached hydrogens (tertiary/aromatic N) is 2. The van der Waals surface area contributed by atoms with Crippen molar-refractivity contribution in [2.75, 3.05) is 0 Å². The molecule has 0 saturated carbocycles. The quantitative estimate of drug-likeness (QED) is 0.366. The van der Waals surface area contributed by atoms with Crippen LogP contribution in [0.5, 0.6) is 0 Å². The summed E-state index contributed by atoms with van der Waals surface area (Å²) >= 11 is 1.45. The first-order valence-corrected chi connectivity index (χ1v) is 11.6. The van der Waals surface area contributed by atoms with Crippen molar-refractivity contribution in [1.82, 2.24) is 4.57 Å². The Hall–Kier alpha value is -3.51. The number of aromatic nitrogens is 1. The van der Waals surface area contributed by atoms with Gasteiger partial charge in [-0.25, -0.2) is 4.79 Å². The second-order valence-electron chi connectivity index (χ2n) is 8.85. The second kappa shape index (κ2) is 9.16. The first-order valence-electron chi connectivity index (χ1n) is 10.8. The maximum atomic E-state index is 13.2. The van der Waals surface area contributed by atoms with E-state index in [4.69, 9.17) is 4.74 Å². The molecule has 0 atom stereocenters. The first kappa shape index (κ1) is 22.7. The molecule has 1 amide bonds. The smallest absolute Gasteiger partial charge is 0.339 e. The molecule has 1 heterocycles. The maximum absolute atomic E-state index is 13.2. The van der Waals surface area contributed by atoms with Gasteiger partial charge in [0.25, 0.3) is 5.91 Å². The van der Waals surface area contributed by atoms with E-state index in [2.05, 4.69) is 29.3 Å². The van der Waals surface area contributed by atoms with Gasteiger partial charge in [-0.2, -0.15) is 4.99 Å². The molecule has 6 heteroatoms. The van der Waals surface area contributed by atoms with E-state index in [1.807, 2.05) is 35.9 Å². The molecule has 0 saturated heterocycles. The number of aryl methyl sites for hydroxylation is 1. The van der Waals surface area contributed by atoms with Crippen LogP contribution in [0.3, 0.4) is 0 Å². The van der Waals surface area contributed by atoms with Gasteiger partial charge in [-0.15, -0.1) is 11.3 Å².